The molecule has 0 aliphatic heterocycles. The minimum absolute atomic E-state index is 0.583. The van der Waals surface area contributed by atoms with E-state index in [-0.39, 0.29) is 0 Å². The highest BCUT2D eigenvalue weighted by Gasteiger charge is 1.91. The first-order chi connectivity index (χ1) is 8.33. The maximum Gasteiger partial charge on any atom is 0.0104 e. The Morgan fingerprint density at radius 3 is 1.53 bits per heavy atom. The van der Waals surface area contributed by atoms with Gasteiger partial charge in [-0.15, -0.1) is 6.58 Å². The molecular weight excluding hydrogens is 274 g/mol. The Hall–Kier alpha value is 0.180. The lowest BCUT2D eigenvalue weighted by Crippen LogP contribution is -1.90. The van der Waals surface area contributed by atoms with Gasteiger partial charge in [-0.2, -0.15) is 0 Å². The second-order valence-corrected chi connectivity index (χ2v) is 5.19. The van der Waals surface area contributed by atoms with Gasteiger partial charge in [-0.3, -0.25) is 0 Å². The summed E-state index contributed by atoms with van der Waals surface area (Å²) in [7, 11) is 0. The van der Waals surface area contributed by atoms with E-state index >= 15 is 0 Å². The molecule has 0 atom stereocenters. The molecule has 0 saturated carbocycles. The van der Waals surface area contributed by atoms with Crippen molar-refractivity contribution in [1.82, 2.24) is 0 Å². The summed E-state index contributed by atoms with van der Waals surface area (Å²) >= 11 is 3.46. The molecule has 0 saturated heterocycles. The third kappa shape index (κ3) is 26.0. The highest BCUT2D eigenvalue weighted by Crippen LogP contribution is 2.10. The van der Waals surface area contributed by atoms with Crippen LogP contribution in [-0.4, -0.2) is 11.9 Å². The fourth-order valence-corrected chi connectivity index (χ4v) is 1.98. The number of hydrogen-bond donors (Lipinski definition) is 1. The third-order valence-corrected chi connectivity index (χ3v) is 3.21. The Balaban J connectivity index is 0. The number of alkyl halides is 1. The molecule has 0 fully saturated rings. The van der Waals surface area contributed by atoms with Crippen LogP contribution in [0.5, 0.6) is 0 Å². The molecule has 0 aliphatic rings. The van der Waals surface area contributed by atoms with E-state index in [1.807, 2.05) is 0 Å². The Morgan fingerprint density at radius 2 is 1.24 bits per heavy atom. The highest BCUT2D eigenvalue weighted by molar-refractivity contribution is 9.09. The SMILES string of the molecule is C=CCN.CCCCCCCCCCCCBr. The fourth-order valence-electron chi connectivity index (χ4n) is 1.58. The monoisotopic (exact) mass is 305 g/mol. The Bertz CT molecular complexity index is 116. The summed E-state index contributed by atoms with van der Waals surface area (Å²) in [5, 5.41) is 1.18. The normalized spacial score (nSPS) is 9.59. The van der Waals surface area contributed by atoms with Gasteiger partial charge in [-0.25, -0.2) is 0 Å². The Labute approximate surface area is 117 Å². The first kappa shape index (κ1) is 19.5. The van der Waals surface area contributed by atoms with Gasteiger partial charge >= 0.3 is 0 Å². The van der Waals surface area contributed by atoms with Crippen LogP contribution in [0.4, 0.5) is 0 Å². The smallest absolute Gasteiger partial charge is 0.0104 e. The van der Waals surface area contributed by atoms with Crippen LogP contribution in [0, 0.1) is 0 Å². The zero-order valence-corrected chi connectivity index (χ0v) is 13.3. The number of halogens is 1. The zero-order chi connectivity index (χ0) is 13.2. The van der Waals surface area contributed by atoms with Gasteiger partial charge < -0.3 is 5.73 Å². The second-order valence-electron chi connectivity index (χ2n) is 4.40. The average Bonchev–Trinajstić information content (AvgIpc) is 2.37. The topological polar surface area (TPSA) is 26.0 Å². The molecule has 104 valence electrons. The van der Waals surface area contributed by atoms with Crippen molar-refractivity contribution >= 4 is 15.9 Å². The molecule has 0 unspecified atom stereocenters. The molecule has 0 amide bonds. The first-order valence-electron chi connectivity index (χ1n) is 7.20. The summed E-state index contributed by atoms with van der Waals surface area (Å²) in [6.45, 7) is 6.22. The van der Waals surface area contributed by atoms with E-state index in [1.54, 1.807) is 6.08 Å². The van der Waals surface area contributed by atoms with Gasteiger partial charge in [0.1, 0.15) is 0 Å². The van der Waals surface area contributed by atoms with Gasteiger partial charge in [0.25, 0.3) is 0 Å². The Kier molecular flexibility index (Phi) is 24.6. The van der Waals surface area contributed by atoms with E-state index in [9.17, 15) is 0 Å². The summed E-state index contributed by atoms with van der Waals surface area (Å²) < 4.78 is 0. The minimum atomic E-state index is 0.583. The lowest BCUT2D eigenvalue weighted by atomic mass is 10.1. The molecule has 2 N–H and O–H groups in total. The molecule has 0 spiro atoms. The summed E-state index contributed by atoms with van der Waals surface area (Å²) in [6.07, 6.45) is 16.0. The number of unbranched alkanes of at least 4 members (excludes halogenated alkanes) is 9. The summed E-state index contributed by atoms with van der Waals surface area (Å²) in [4.78, 5) is 0. The second kappa shape index (κ2) is 21.5. The molecule has 0 radical (unpaired) electrons. The van der Waals surface area contributed by atoms with Crippen molar-refractivity contribution in [3.05, 3.63) is 12.7 Å². The molecule has 0 aliphatic carbocycles. The van der Waals surface area contributed by atoms with Crippen LogP contribution >= 0.6 is 15.9 Å². The van der Waals surface area contributed by atoms with Crippen molar-refractivity contribution in [3.8, 4) is 0 Å². The molecule has 0 bridgehead atoms. The Morgan fingerprint density at radius 1 is 0.882 bits per heavy atom. The van der Waals surface area contributed by atoms with Gasteiger partial charge in [0, 0.05) is 11.9 Å². The lowest BCUT2D eigenvalue weighted by molar-refractivity contribution is 0.563. The molecular formula is C15H32BrN. The van der Waals surface area contributed by atoms with Gasteiger partial charge in [0.2, 0.25) is 0 Å². The first-order valence-corrected chi connectivity index (χ1v) is 8.32. The lowest BCUT2D eigenvalue weighted by Gasteiger charge is -2.00. The van der Waals surface area contributed by atoms with Crippen molar-refractivity contribution in [1.29, 1.82) is 0 Å². The van der Waals surface area contributed by atoms with E-state index < -0.39 is 0 Å². The van der Waals surface area contributed by atoms with E-state index in [0.717, 1.165) is 0 Å². The summed E-state index contributed by atoms with van der Waals surface area (Å²) in [5.41, 5.74) is 4.91. The molecule has 0 aromatic rings. The average molecular weight is 306 g/mol. The van der Waals surface area contributed by atoms with Crippen molar-refractivity contribution in [2.45, 2.75) is 71.1 Å². The maximum atomic E-state index is 4.91. The summed E-state index contributed by atoms with van der Waals surface area (Å²) in [6, 6.07) is 0. The van der Waals surface area contributed by atoms with Crippen LogP contribution in [-0.2, 0) is 0 Å². The maximum absolute atomic E-state index is 4.91. The fraction of sp³-hybridized carbons (Fsp3) is 0.867. The van der Waals surface area contributed by atoms with Gasteiger partial charge in [0.15, 0.2) is 0 Å². The van der Waals surface area contributed by atoms with Crippen LogP contribution in [0.1, 0.15) is 71.1 Å². The van der Waals surface area contributed by atoms with Gasteiger partial charge in [-0.1, -0.05) is 86.7 Å². The molecule has 0 heterocycles. The van der Waals surface area contributed by atoms with E-state index in [1.165, 1.54) is 69.5 Å². The third-order valence-electron chi connectivity index (χ3n) is 2.65. The molecule has 2 heteroatoms. The molecule has 0 aromatic heterocycles. The predicted molar refractivity (Wildman–Crippen MR) is 84.9 cm³/mol. The van der Waals surface area contributed by atoms with Crippen LogP contribution in [0.25, 0.3) is 0 Å². The zero-order valence-electron chi connectivity index (χ0n) is 11.7. The van der Waals surface area contributed by atoms with E-state index in [0.29, 0.717) is 6.54 Å². The standard InChI is InChI=1S/C12H25Br.C3H7N/c1-2-3-4-5-6-7-8-9-10-11-12-13;1-2-3-4/h2-12H2,1H3;2H,1,3-4H2. The minimum Gasteiger partial charge on any atom is -0.327 e. The van der Waals surface area contributed by atoms with Crippen molar-refractivity contribution in [2.24, 2.45) is 5.73 Å². The van der Waals surface area contributed by atoms with Crippen LogP contribution < -0.4 is 5.73 Å². The molecule has 1 nitrogen and oxygen atoms in total. The van der Waals surface area contributed by atoms with Crippen molar-refractivity contribution in [3.63, 3.8) is 0 Å². The number of rotatable bonds is 11. The van der Waals surface area contributed by atoms with Crippen LogP contribution in [0.3, 0.4) is 0 Å². The number of nitrogens with two attached hydrogens (primary N) is 1. The van der Waals surface area contributed by atoms with Crippen molar-refractivity contribution < 1.29 is 0 Å². The van der Waals surface area contributed by atoms with E-state index in [2.05, 4.69) is 29.4 Å². The van der Waals surface area contributed by atoms with Crippen LogP contribution in [0.15, 0.2) is 12.7 Å². The predicted octanol–water partition coefficient (Wildman–Crippen LogP) is 5.43. The molecule has 0 rings (SSSR count). The van der Waals surface area contributed by atoms with Crippen molar-refractivity contribution in [2.75, 3.05) is 11.9 Å². The molecule has 17 heavy (non-hydrogen) atoms. The highest BCUT2D eigenvalue weighted by atomic mass is 79.9. The van der Waals surface area contributed by atoms with E-state index in [4.69, 9.17) is 5.73 Å². The largest absolute Gasteiger partial charge is 0.327 e. The van der Waals surface area contributed by atoms with Gasteiger partial charge in [-0.05, 0) is 6.42 Å². The quantitative estimate of drug-likeness (QED) is 0.307. The summed E-state index contributed by atoms with van der Waals surface area (Å²) in [5.74, 6) is 0. The van der Waals surface area contributed by atoms with Gasteiger partial charge in [0.05, 0.1) is 0 Å². The molecule has 0 aromatic carbocycles. The van der Waals surface area contributed by atoms with Crippen LogP contribution in [0.2, 0.25) is 0 Å². The number of hydrogen-bond acceptors (Lipinski definition) is 1.